The number of carbonyl (C=O) groups is 1. The number of aromatic nitrogens is 3. The second-order valence-corrected chi connectivity index (χ2v) is 5.56. The Morgan fingerprint density at radius 1 is 1.29 bits per heavy atom. The van der Waals surface area contributed by atoms with Crippen LogP contribution in [0.3, 0.4) is 0 Å². The average Bonchev–Trinajstić information content (AvgIpc) is 3.24. The number of nitrogens with one attached hydrogen (secondary N) is 1. The number of hydrogen-bond acceptors (Lipinski definition) is 4. The third-order valence-corrected chi connectivity index (χ3v) is 3.64. The van der Waals surface area contributed by atoms with Gasteiger partial charge in [0.2, 0.25) is 5.91 Å². The van der Waals surface area contributed by atoms with Gasteiger partial charge in [-0.2, -0.15) is 0 Å². The second kappa shape index (κ2) is 7.59. The molecular weight excluding hydrogens is 304 g/mol. The molecule has 0 aliphatic heterocycles. The molecule has 0 radical (unpaired) electrons. The van der Waals surface area contributed by atoms with E-state index in [1.807, 2.05) is 41.0 Å². The summed E-state index contributed by atoms with van der Waals surface area (Å²) >= 11 is 0. The lowest BCUT2D eigenvalue weighted by atomic mass is 10.2. The van der Waals surface area contributed by atoms with Crippen LogP contribution in [0.2, 0.25) is 0 Å². The molecule has 2 aromatic heterocycles. The second-order valence-electron chi connectivity index (χ2n) is 5.56. The van der Waals surface area contributed by atoms with Crippen LogP contribution in [0.1, 0.15) is 24.8 Å². The molecule has 6 nitrogen and oxygen atoms in total. The summed E-state index contributed by atoms with van der Waals surface area (Å²) in [4.78, 5) is 16.5. The maximum atomic E-state index is 12.2. The Morgan fingerprint density at radius 2 is 2.12 bits per heavy atom. The van der Waals surface area contributed by atoms with Crippen molar-refractivity contribution in [3.05, 3.63) is 60.2 Å². The van der Waals surface area contributed by atoms with Crippen molar-refractivity contribution in [3.63, 3.8) is 0 Å². The molecule has 0 unspecified atom stereocenters. The molecule has 0 aliphatic carbocycles. The summed E-state index contributed by atoms with van der Waals surface area (Å²) in [6.45, 7) is 2.64. The zero-order valence-corrected chi connectivity index (χ0v) is 13.6. The summed E-state index contributed by atoms with van der Waals surface area (Å²) in [5, 5.41) is 6.82. The van der Waals surface area contributed by atoms with Crippen LogP contribution in [0.25, 0.3) is 11.4 Å². The number of amides is 1. The SMILES string of the molecule is CCCc1cc(CNC(=O)Cn2ccnc2-c2ccccc2)on1. The Bertz CT molecular complexity index is 792. The quantitative estimate of drug-likeness (QED) is 0.725. The molecule has 24 heavy (non-hydrogen) atoms. The molecule has 2 heterocycles. The first-order chi connectivity index (χ1) is 11.8. The van der Waals surface area contributed by atoms with E-state index in [0.29, 0.717) is 12.3 Å². The summed E-state index contributed by atoms with van der Waals surface area (Å²) in [5.41, 5.74) is 1.90. The van der Waals surface area contributed by atoms with E-state index in [1.54, 1.807) is 12.4 Å². The Morgan fingerprint density at radius 3 is 2.92 bits per heavy atom. The normalized spacial score (nSPS) is 10.7. The third-order valence-electron chi connectivity index (χ3n) is 3.64. The van der Waals surface area contributed by atoms with Gasteiger partial charge in [-0.1, -0.05) is 48.8 Å². The summed E-state index contributed by atoms with van der Waals surface area (Å²) < 4.78 is 7.04. The first-order valence-corrected chi connectivity index (χ1v) is 8.04. The Kier molecular flexibility index (Phi) is 5.05. The number of aryl methyl sites for hydroxylation is 1. The Balaban J connectivity index is 1.58. The number of hydrogen-bond donors (Lipinski definition) is 1. The molecular formula is C18H20N4O2. The van der Waals surface area contributed by atoms with Crippen LogP contribution in [0.15, 0.2) is 53.3 Å². The zero-order chi connectivity index (χ0) is 16.8. The van der Waals surface area contributed by atoms with Crippen LogP contribution < -0.4 is 5.32 Å². The van der Waals surface area contributed by atoms with Gasteiger partial charge in [-0.3, -0.25) is 4.79 Å². The molecule has 0 saturated heterocycles. The van der Waals surface area contributed by atoms with Gasteiger partial charge in [0.05, 0.1) is 12.2 Å². The molecule has 1 N–H and O–H groups in total. The number of nitrogens with zero attached hydrogens (tertiary/aromatic N) is 3. The first kappa shape index (κ1) is 16.0. The van der Waals surface area contributed by atoms with Crippen molar-refractivity contribution in [1.82, 2.24) is 20.0 Å². The fourth-order valence-electron chi connectivity index (χ4n) is 2.49. The molecule has 1 aromatic carbocycles. The minimum Gasteiger partial charge on any atom is -0.359 e. The van der Waals surface area contributed by atoms with Crippen molar-refractivity contribution >= 4 is 5.91 Å². The molecule has 124 valence electrons. The highest BCUT2D eigenvalue weighted by Gasteiger charge is 2.10. The fraction of sp³-hybridized carbons (Fsp3) is 0.278. The Labute approximate surface area is 140 Å². The van der Waals surface area contributed by atoms with E-state index in [2.05, 4.69) is 22.4 Å². The number of rotatable bonds is 7. The predicted octanol–water partition coefficient (Wildman–Crippen LogP) is 2.81. The number of carbonyl (C=O) groups excluding carboxylic acids is 1. The molecule has 0 atom stereocenters. The van der Waals surface area contributed by atoms with Gasteiger partial charge in [0.1, 0.15) is 12.4 Å². The smallest absolute Gasteiger partial charge is 0.240 e. The summed E-state index contributed by atoms with van der Waals surface area (Å²) in [5.74, 6) is 1.34. The first-order valence-electron chi connectivity index (χ1n) is 8.04. The minimum absolute atomic E-state index is 0.0985. The van der Waals surface area contributed by atoms with E-state index in [0.717, 1.165) is 29.9 Å². The maximum absolute atomic E-state index is 12.2. The number of imidazole rings is 1. The van der Waals surface area contributed by atoms with Crippen LogP contribution >= 0.6 is 0 Å². The molecule has 6 heteroatoms. The van der Waals surface area contributed by atoms with Gasteiger partial charge in [-0.05, 0) is 6.42 Å². The van der Waals surface area contributed by atoms with Crippen molar-refractivity contribution in [2.75, 3.05) is 0 Å². The van der Waals surface area contributed by atoms with Crippen molar-refractivity contribution in [3.8, 4) is 11.4 Å². The lowest BCUT2D eigenvalue weighted by Gasteiger charge is -2.08. The summed E-state index contributed by atoms with van der Waals surface area (Å²) in [7, 11) is 0. The largest absolute Gasteiger partial charge is 0.359 e. The van der Waals surface area contributed by atoms with Gasteiger partial charge in [-0.25, -0.2) is 4.98 Å². The van der Waals surface area contributed by atoms with E-state index in [-0.39, 0.29) is 12.5 Å². The molecule has 1 amide bonds. The van der Waals surface area contributed by atoms with Crippen LogP contribution in [0.4, 0.5) is 0 Å². The van der Waals surface area contributed by atoms with Crippen LogP contribution in [0.5, 0.6) is 0 Å². The molecule has 0 saturated carbocycles. The highest BCUT2D eigenvalue weighted by atomic mass is 16.5. The molecule has 3 rings (SSSR count). The van der Waals surface area contributed by atoms with E-state index < -0.39 is 0 Å². The lowest BCUT2D eigenvalue weighted by Crippen LogP contribution is -2.27. The lowest BCUT2D eigenvalue weighted by molar-refractivity contribution is -0.121. The molecule has 3 aromatic rings. The van der Waals surface area contributed by atoms with Gasteiger partial charge in [0.25, 0.3) is 0 Å². The van der Waals surface area contributed by atoms with E-state index >= 15 is 0 Å². The van der Waals surface area contributed by atoms with E-state index in [9.17, 15) is 4.79 Å². The van der Waals surface area contributed by atoms with E-state index in [4.69, 9.17) is 4.52 Å². The van der Waals surface area contributed by atoms with Gasteiger partial charge in [0.15, 0.2) is 5.76 Å². The minimum atomic E-state index is -0.0985. The van der Waals surface area contributed by atoms with Crippen LogP contribution in [0, 0.1) is 0 Å². The average molecular weight is 324 g/mol. The third kappa shape index (κ3) is 3.90. The topological polar surface area (TPSA) is 73.0 Å². The van der Waals surface area contributed by atoms with Crippen molar-refractivity contribution < 1.29 is 9.32 Å². The van der Waals surface area contributed by atoms with Gasteiger partial charge < -0.3 is 14.4 Å². The molecule has 0 bridgehead atoms. The van der Waals surface area contributed by atoms with Gasteiger partial charge in [-0.15, -0.1) is 0 Å². The molecule has 0 fully saturated rings. The van der Waals surface area contributed by atoms with Gasteiger partial charge >= 0.3 is 0 Å². The zero-order valence-electron chi connectivity index (χ0n) is 13.6. The molecule has 0 aliphatic rings. The highest BCUT2D eigenvalue weighted by molar-refractivity contribution is 5.76. The Hall–Kier alpha value is -2.89. The highest BCUT2D eigenvalue weighted by Crippen LogP contribution is 2.16. The fourth-order valence-corrected chi connectivity index (χ4v) is 2.49. The van der Waals surface area contributed by atoms with E-state index in [1.165, 1.54) is 0 Å². The monoisotopic (exact) mass is 324 g/mol. The van der Waals surface area contributed by atoms with Gasteiger partial charge in [0, 0.05) is 24.0 Å². The molecule has 0 spiro atoms. The van der Waals surface area contributed by atoms with Crippen LogP contribution in [-0.2, 0) is 24.3 Å². The van der Waals surface area contributed by atoms with Crippen molar-refractivity contribution in [2.45, 2.75) is 32.9 Å². The van der Waals surface area contributed by atoms with Crippen LogP contribution in [-0.4, -0.2) is 20.6 Å². The standard InChI is InChI=1S/C18H20N4O2/c1-2-6-15-11-16(24-21-15)12-20-17(23)13-22-10-9-19-18(22)14-7-4-3-5-8-14/h3-5,7-11H,2,6,12-13H2,1H3,(H,20,23). The number of benzene rings is 1. The van der Waals surface area contributed by atoms with Crippen molar-refractivity contribution in [2.24, 2.45) is 0 Å². The maximum Gasteiger partial charge on any atom is 0.240 e. The predicted molar refractivity (Wildman–Crippen MR) is 90.0 cm³/mol. The summed E-state index contributed by atoms with van der Waals surface area (Å²) in [6, 6.07) is 11.7. The van der Waals surface area contributed by atoms with Crippen molar-refractivity contribution in [1.29, 1.82) is 0 Å². The summed E-state index contributed by atoms with van der Waals surface area (Å²) in [6.07, 6.45) is 5.40.